The first-order valence-electron chi connectivity index (χ1n) is 31.0. The highest BCUT2D eigenvalue weighted by atomic mass is 32.2. The van der Waals surface area contributed by atoms with Gasteiger partial charge in [-0.1, -0.05) is 85.5 Å². The Morgan fingerprint density at radius 3 is 1.54 bits per heavy atom. The van der Waals surface area contributed by atoms with E-state index in [9.17, 15) is 60.1 Å². The van der Waals surface area contributed by atoms with Gasteiger partial charge in [-0.3, -0.25) is 14.4 Å². The van der Waals surface area contributed by atoms with Crippen LogP contribution in [-0.2, 0) is 66.5 Å². The van der Waals surface area contributed by atoms with Gasteiger partial charge < -0.3 is 73.0 Å². The summed E-state index contributed by atoms with van der Waals surface area (Å²) in [5, 5.41) is 26.9. The molecule has 1 unspecified atom stereocenters. The summed E-state index contributed by atoms with van der Waals surface area (Å²) in [6.45, 7) is 22.7. The highest BCUT2D eigenvalue weighted by Crippen LogP contribution is 2.66. The molecular formula is C62H80B3F6N3O18S3. The number of benzene rings is 3. The molecule has 520 valence electrons. The molecule has 3 aliphatic carbocycles. The van der Waals surface area contributed by atoms with E-state index in [-0.39, 0.29) is 88.7 Å². The number of rotatable bonds is 19. The maximum absolute atomic E-state index is 12.7. The molecule has 6 aliphatic heterocycles. The number of alkyl halides is 6. The third-order valence-electron chi connectivity index (χ3n) is 18.0. The molecule has 3 amide bonds. The molecule has 33 heteroatoms. The van der Waals surface area contributed by atoms with Crippen molar-refractivity contribution in [3.63, 3.8) is 0 Å². The van der Waals surface area contributed by atoms with E-state index < -0.39 is 132 Å². The summed E-state index contributed by atoms with van der Waals surface area (Å²) < 4.78 is 132. The van der Waals surface area contributed by atoms with Crippen molar-refractivity contribution in [3.8, 4) is 17.2 Å². The van der Waals surface area contributed by atoms with Gasteiger partial charge in [0.2, 0.25) is 29.3 Å². The van der Waals surface area contributed by atoms with Crippen LogP contribution in [0.15, 0.2) is 54.6 Å². The van der Waals surface area contributed by atoms with Crippen LogP contribution in [0.1, 0.15) is 150 Å². The quantitative estimate of drug-likeness (QED) is 0.0425. The van der Waals surface area contributed by atoms with Gasteiger partial charge in [0.05, 0.1) is 63.6 Å². The maximum Gasteiger partial charge on any atom is 0.547 e. The molecule has 3 aromatic rings. The molecule has 0 aromatic heterocycles. The van der Waals surface area contributed by atoms with Crippen LogP contribution in [0.25, 0.3) is 0 Å². The summed E-state index contributed by atoms with van der Waals surface area (Å²) in [5.41, 5.74) is 0.626. The second kappa shape index (κ2) is 30.7. The zero-order valence-electron chi connectivity index (χ0n) is 54.5. The Hall–Kier alpha value is -5.54. The Morgan fingerprint density at radius 2 is 1.08 bits per heavy atom. The number of para-hydroxylation sites is 3. The van der Waals surface area contributed by atoms with E-state index in [4.69, 9.17) is 52.1 Å². The van der Waals surface area contributed by atoms with Gasteiger partial charge in [0.15, 0.2) is 0 Å². The van der Waals surface area contributed by atoms with Crippen molar-refractivity contribution in [2.75, 3.05) is 30.5 Å². The van der Waals surface area contributed by atoms with Crippen molar-refractivity contribution in [2.45, 2.75) is 191 Å². The number of halogens is 6. The average molecular weight is 1400 g/mol. The average Bonchev–Trinajstić information content (AvgIpc) is 1.65. The predicted molar refractivity (Wildman–Crippen MR) is 344 cm³/mol. The van der Waals surface area contributed by atoms with Crippen LogP contribution in [-0.4, -0.2) is 167 Å². The standard InChI is InChI=1S/C25H32BF2NO6S.C21H28BF2NO6S.C12H12BF2NO5S.C4H8O/c1-23(2)14-10-16(23)25(5)17(11-14)34-26(35-25)18(29-19(30)12-36-22(27)28)9-13-7-6-8-15-20(13)32-24(3,4)33-21(15)31;1-19(2)20(3,4)31-22(30-19)14(25-15(26)11-32-18(23)24)10-12-8-7-9-13-16(12)28-21(5,6)29-17(13)27;14-12(15)22-5-9(17)16-8-4-6-2-1-3-7(11(18)19)10(6)21-13(8)20;1-2-4-5-3-1/h6-8,14,16-18,22H,9-12H2,1-5H3,(H,29,30);7-9,14,18H,10-11H2,1-6H3,(H,25,26);1-3,8,12,20H,4-5H2,(H,16,17)(H,18,19);1-4H2/t14-,16-,17?,18-,25-;14-;8-;/m000./s1. The van der Waals surface area contributed by atoms with E-state index in [1.165, 1.54) is 25.0 Å². The first kappa shape index (κ1) is 75.2. The van der Waals surface area contributed by atoms with E-state index in [0.29, 0.717) is 45.6 Å². The molecule has 3 aromatic carbocycles. The van der Waals surface area contributed by atoms with Crippen LogP contribution in [0.5, 0.6) is 17.2 Å². The topological polar surface area (TPSA) is 271 Å². The third kappa shape index (κ3) is 18.6. The van der Waals surface area contributed by atoms with Crippen LogP contribution in [0, 0.1) is 17.3 Å². The van der Waals surface area contributed by atoms with Gasteiger partial charge in [0, 0.05) is 40.9 Å². The number of thioether (sulfide) groups is 3. The SMILES string of the molecule is C1CCOC1.CC1(C)OC(=O)c2cccc(C[C@H](NC(=O)CSC(F)F)B3OC(C)(C)C(C)(C)O3)c2O1.CC1(C)OC(=O)c2cccc(C[C@H](NC(=O)CSC(F)F)B3OC4C[C@@H]5C[C@@H](C5(C)C)[C@]4(C)O3)c2O1.O=C(CSC(F)F)N[C@H]1Cc2cccc(C(=O)O)c2OB1O. The van der Waals surface area contributed by atoms with E-state index >= 15 is 0 Å². The summed E-state index contributed by atoms with van der Waals surface area (Å²) in [5.74, 6) is -16.0. The number of fused-ring (bicyclic) bond motifs is 3. The van der Waals surface area contributed by atoms with Crippen LogP contribution >= 0.6 is 35.3 Å². The first-order valence-corrected chi connectivity index (χ1v) is 34.2. The molecule has 2 bridgehead atoms. The fourth-order valence-corrected chi connectivity index (χ4v) is 13.6. The van der Waals surface area contributed by atoms with Gasteiger partial charge in [-0.05, 0) is 132 Å². The number of ether oxygens (including phenoxy) is 5. The van der Waals surface area contributed by atoms with E-state index in [0.717, 1.165) is 26.1 Å². The van der Waals surface area contributed by atoms with Crippen molar-refractivity contribution in [2.24, 2.45) is 17.3 Å². The van der Waals surface area contributed by atoms with Gasteiger partial charge in [-0.25, -0.2) is 14.4 Å². The molecule has 6 fully saturated rings. The number of carboxylic acids is 1. The molecule has 21 nitrogen and oxygen atoms in total. The lowest BCUT2D eigenvalue weighted by Gasteiger charge is -2.64. The normalized spacial score (nSPS) is 24.6. The Labute approximate surface area is 561 Å². The fraction of sp³-hybridized carbons (Fsp3) is 0.613. The van der Waals surface area contributed by atoms with Gasteiger partial charge in [-0.15, -0.1) is 0 Å². The van der Waals surface area contributed by atoms with Gasteiger partial charge in [0.1, 0.15) is 28.4 Å². The number of cyclic esters (lactones) is 2. The van der Waals surface area contributed by atoms with Crippen LogP contribution in [0.2, 0.25) is 0 Å². The van der Waals surface area contributed by atoms with Crippen molar-refractivity contribution in [1.29, 1.82) is 0 Å². The van der Waals surface area contributed by atoms with Gasteiger partial charge >= 0.3 is 39.3 Å². The molecule has 95 heavy (non-hydrogen) atoms. The summed E-state index contributed by atoms with van der Waals surface area (Å²) in [6, 6.07) is 14.7. The number of carboxylic acid groups (broad SMARTS) is 1. The lowest BCUT2D eigenvalue weighted by molar-refractivity contribution is -0.199. The minimum Gasteiger partial charge on any atom is -0.534 e. The molecule has 0 spiro atoms. The number of carbonyl (C=O) groups is 6. The summed E-state index contributed by atoms with van der Waals surface area (Å²) in [4.78, 5) is 72.6. The summed E-state index contributed by atoms with van der Waals surface area (Å²) in [6.07, 6.45) is 4.96. The molecule has 9 aliphatic rings. The fourth-order valence-electron chi connectivity index (χ4n) is 12.6. The number of esters is 2. The van der Waals surface area contributed by atoms with Crippen molar-refractivity contribution in [1.82, 2.24) is 16.0 Å². The van der Waals surface area contributed by atoms with Crippen LogP contribution in [0.3, 0.4) is 0 Å². The highest BCUT2D eigenvalue weighted by Gasteiger charge is 2.69. The number of nitrogens with one attached hydrogen (secondary N) is 3. The van der Waals surface area contributed by atoms with Crippen molar-refractivity contribution >= 4 is 92.3 Å². The molecule has 0 radical (unpaired) electrons. The largest absolute Gasteiger partial charge is 0.547 e. The third-order valence-corrected chi connectivity index (χ3v) is 20.1. The number of aromatic carboxylic acids is 1. The van der Waals surface area contributed by atoms with Crippen LogP contribution < -0.4 is 30.1 Å². The van der Waals surface area contributed by atoms with Gasteiger partial charge in [-0.2, -0.15) is 26.3 Å². The lowest BCUT2D eigenvalue weighted by Crippen LogP contribution is -2.65. The maximum atomic E-state index is 12.7. The molecule has 6 heterocycles. The molecule has 5 N–H and O–H groups in total. The predicted octanol–water partition coefficient (Wildman–Crippen LogP) is 9.39. The molecular weight excluding hydrogens is 1320 g/mol. The molecule has 7 atom stereocenters. The van der Waals surface area contributed by atoms with Crippen molar-refractivity contribution in [3.05, 3.63) is 88.0 Å². The highest BCUT2D eigenvalue weighted by molar-refractivity contribution is 8.00. The summed E-state index contributed by atoms with van der Waals surface area (Å²) in [7, 11) is -3.05. The molecule has 3 saturated carbocycles. The number of amides is 3. The van der Waals surface area contributed by atoms with E-state index in [2.05, 4.69) is 36.7 Å². The van der Waals surface area contributed by atoms with Gasteiger partial charge in [0.25, 0.3) is 17.3 Å². The smallest absolute Gasteiger partial charge is 0.534 e. The Morgan fingerprint density at radius 1 is 0.611 bits per heavy atom. The van der Waals surface area contributed by atoms with Crippen molar-refractivity contribution < 1.29 is 112 Å². The Kier molecular flexibility index (Phi) is 24.3. The summed E-state index contributed by atoms with van der Waals surface area (Å²) >= 11 is 0.682. The second-order valence-electron chi connectivity index (χ2n) is 26.6. The second-order valence-corrected chi connectivity index (χ2v) is 29.5. The number of hydrogen-bond acceptors (Lipinski definition) is 20. The Balaban J connectivity index is 0.000000180. The van der Waals surface area contributed by atoms with Crippen LogP contribution in [0.4, 0.5) is 26.3 Å². The zero-order chi connectivity index (χ0) is 69.8. The minimum absolute atomic E-state index is 0.0509. The van der Waals surface area contributed by atoms with E-state index in [1.807, 2.05) is 33.8 Å². The monoisotopic (exact) mass is 1400 g/mol. The molecule has 12 rings (SSSR count). The minimum atomic E-state index is -2.66. The first-order chi connectivity index (χ1) is 44.4. The molecule has 3 saturated heterocycles. The number of carbonyl (C=O) groups excluding carboxylic acids is 5. The lowest BCUT2D eigenvalue weighted by atomic mass is 9.43. The van der Waals surface area contributed by atoms with E-state index in [1.54, 1.807) is 64.1 Å². The number of hydrogen-bond donors (Lipinski definition) is 5. The Bertz CT molecular complexity index is 3260. The zero-order valence-corrected chi connectivity index (χ0v) is 57.0.